The molecule has 0 radical (unpaired) electrons. The van der Waals surface area contributed by atoms with Crippen LogP contribution in [0.3, 0.4) is 0 Å². The molecular formula is C25H19Br3O3. The number of hydrogen-bond donors (Lipinski definition) is 0. The molecule has 0 saturated carbocycles. The smallest absolute Gasteiger partial charge is 0.163 e. The molecular weight excluding hydrogens is 588 g/mol. The highest BCUT2D eigenvalue weighted by Crippen LogP contribution is 2.24. The normalized spacial score (nSPS) is 10.8. The van der Waals surface area contributed by atoms with E-state index in [9.17, 15) is 14.4 Å². The maximum absolute atomic E-state index is 12.8. The molecule has 0 atom stereocenters. The molecule has 6 heteroatoms. The number of carbonyl (C=O) groups is 3. The molecule has 0 aliphatic heterocycles. The van der Waals surface area contributed by atoms with Crippen LogP contribution in [0.2, 0.25) is 0 Å². The van der Waals surface area contributed by atoms with Gasteiger partial charge >= 0.3 is 0 Å². The van der Waals surface area contributed by atoms with Crippen LogP contribution in [0.1, 0.15) is 50.3 Å². The molecule has 3 aromatic carbocycles. The Hall–Kier alpha value is -1.89. The number of Topliss-reactive ketones (excluding diaryl/α,β-unsaturated/α-hetero) is 3. The summed E-state index contributed by atoms with van der Waals surface area (Å²) in [5, 5.41) is 0. The van der Waals surface area contributed by atoms with Crippen molar-refractivity contribution in [3.05, 3.63) is 103 Å². The van der Waals surface area contributed by atoms with Gasteiger partial charge in [0, 0.05) is 49.4 Å². The molecule has 3 rings (SSSR count). The van der Waals surface area contributed by atoms with Gasteiger partial charge in [0.15, 0.2) is 17.3 Å². The van der Waals surface area contributed by atoms with E-state index in [1.807, 2.05) is 36.4 Å². The van der Waals surface area contributed by atoms with Crippen LogP contribution in [-0.4, -0.2) is 17.3 Å². The molecule has 0 aromatic heterocycles. The van der Waals surface area contributed by atoms with Gasteiger partial charge in [-0.05, 0) is 42.3 Å². The largest absolute Gasteiger partial charge is 0.294 e. The average Bonchev–Trinajstić information content (AvgIpc) is 2.75. The summed E-state index contributed by atoms with van der Waals surface area (Å²) in [7, 11) is 0. The molecule has 0 heterocycles. The molecule has 3 nitrogen and oxygen atoms in total. The SMILES string of the molecule is O=C(CC(CC(=O)c1ccc(Br)cc1)CC(=O)c1ccc(Br)cc1)c1ccc(Br)cc1. The zero-order valence-electron chi connectivity index (χ0n) is 16.5. The average molecular weight is 607 g/mol. The van der Waals surface area contributed by atoms with Gasteiger partial charge in [-0.15, -0.1) is 0 Å². The van der Waals surface area contributed by atoms with Crippen LogP contribution in [0.15, 0.2) is 86.2 Å². The molecule has 0 fully saturated rings. The van der Waals surface area contributed by atoms with Gasteiger partial charge in [-0.2, -0.15) is 0 Å². The maximum atomic E-state index is 12.8. The number of hydrogen-bond acceptors (Lipinski definition) is 3. The highest BCUT2D eigenvalue weighted by Gasteiger charge is 2.23. The lowest BCUT2D eigenvalue weighted by atomic mass is 9.87. The highest BCUT2D eigenvalue weighted by atomic mass is 79.9. The third-order valence-corrected chi connectivity index (χ3v) is 6.51. The zero-order valence-corrected chi connectivity index (χ0v) is 21.2. The number of carbonyl (C=O) groups excluding carboxylic acids is 3. The van der Waals surface area contributed by atoms with Gasteiger partial charge in [0.25, 0.3) is 0 Å². The van der Waals surface area contributed by atoms with Crippen LogP contribution in [0.4, 0.5) is 0 Å². The Bertz CT molecular complexity index is 931. The molecule has 0 unspecified atom stereocenters. The van der Waals surface area contributed by atoms with Crippen molar-refractivity contribution in [3.63, 3.8) is 0 Å². The lowest BCUT2D eigenvalue weighted by molar-refractivity contribution is 0.0885. The Morgan fingerprint density at radius 1 is 0.484 bits per heavy atom. The molecule has 3 aromatic rings. The first-order valence-corrected chi connectivity index (χ1v) is 12.1. The molecule has 0 aliphatic rings. The molecule has 0 N–H and O–H groups in total. The molecule has 0 saturated heterocycles. The van der Waals surface area contributed by atoms with E-state index in [4.69, 9.17) is 0 Å². The standard InChI is InChI=1S/C25H19Br3O3/c26-20-7-1-17(2-8-20)23(29)13-16(14-24(30)18-3-9-21(27)10-4-18)15-25(31)19-5-11-22(28)12-6-19/h1-12,16H,13-15H2. The summed E-state index contributed by atoms with van der Waals surface area (Å²) in [6.07, 6.45) is 0.393. The van der Waals surface area contributed by atoms with E-state index >= 15 is 0 Å². The van der Waals surface area contributed by atoms with Crippen LogP contribution in [0.5, 0.6) is 0 Å². The minimum Gasteiger partial charge on any atom is -0.294 e. The van der Waals surface area contributed by atoms with E-state index in [1.165, 1.54) is 0 Å². The van der Waals surface area contributed by atoms with Crippen molar-refractivity contribution in [2.24, 2.45) is 5.92 Å². The van der Waals surface area contributed by atoms with E-state index in [1.54, 1.807) is 36.4 Å². The fourth-order valence-corrected chi connectivity index (χ4v) is 4.06. The van der Waals surface area contributed by atoms with Gasteiger partial charge in [-0.1, -0.05) is 84.2 Å². The summed E-state index contributed by atoms with van der Waals surface area (Å²) in [6, 6.07) is 21.3. The molecule has 0 aliphatic carbocycles. The number of halogens is 3. The summed E-state index contributed by atoms with van der Waals surface area (Å²) in [6.45, 7) is 0. The fourth-order valence-electron chi connectivity index (χ4n) is 3.26. The van der Waals surface area contributed by atoms with Crippen LogP contribution < -0.4 is 0 Å². The van der Waals surface area contributed by atoms with Gasteiger partial charge in [0.1, 0.15) is 0 Å². The number of benzene rings is 3. The Labute approximate surface area is 206 Å². The van der Waals surface area contributed by atoms with Gasteiger partial charge in [-0.3, -0.25) is 14.4 Å². The second-order valence-corrected chi connectivity index (χ2v) is 10.0. The number of ketones is 3. The van der Waals surface area contributed by atoms with Gasteiger partial charge in [0.2, 0.25) is 0 Å². The molecule has 158 valence electrons. The molecule has 0 bridgehead atoms. The van der Waals surface area contributed by atoms with E-state index in [0.29, 0.717) is 16.7 Å². The van der Waals surface area contributed by atoms with Crippen LogP contribution >= 0.6 is 47.8 Å². The molecule has 0 amide bonds. The minimum atomic E-state index is -0.386. The minimum absolute atomic E-state index is 0.0790. The third-order valence-electron chi connectivity index (χ3n) is 4.92. The van der Waals surface area contributed by atoms with Crippen molar-refractivity contribution >= 4 is 65.1 Å². The Balaban J connectivity index is 1.78. The van der Waals surface area contributed by atoms with Crippen LogP contribution in [0.25, 0.3) is 0 Å². The predicted molar refractivity (Wildman–Crippen MR) is 133 cm³/mol. The first kappa shape index (κ1) is 23.8. The highest BCUT2D eigenvalue weighted by molar-refractivity contribution is 9.11. The number of rotatable bonds is 9. The Morgan fingerprint density at radius 2 is 0.710 bits per heavy atom. The van der Waals surface area contributed by atoms with E-state index in [0.717, 1.165) is 13.4 Å². The molecule has 31 heavy (non-hydrogen) atoms. The van der Waals surface area contributed by atoms with Gasteiger partial charge < -0.3 is 0 Å². The summed E-state index contributed by atoms with van der Waals surface area (Å²) < 4.78 is 2.66. The lowest BCUT2D eigenvalue weighted by Crippen LogP contribution is -2.17. The second-order valence-electron chi connectivity index (χ2n) is 7.27. The maximum Gasteiger partial charge on any atom is 0.163 e. The summed E-state index contributed by atoms with van der Waals surface area (Å²) >= 11 is 10.1. The summed E-state index contributed by atoms with van der Waals surface area (Å²) in [4.78, 5) is 38.5. The topological polar surface area (TPSA) is 51.2 Å². The van der Waals surface area contributed by atoms with Crippen molar-refractivity contribution < 1.29 is 14.4 Å². The summed E-state index contributed by atoms with van der Waals surface area (Å²) in [5.41, 5.74) is 1.71. The molecule has 0 spiro atoms. The first-order valence-electron chi connectivity index (χ1n) is 9.68. The van der Waals surface area contributed by atoms with E-state index in [2.05, 4.69) is 47.8 Å². The van der Waals surface area contributed by atoms with E-state index < -0.39 is 0 Å². The van der Waals surface area contributed by atoms with Crippen molar-refractivity contribution in [1.82, 2.24) is 0 Å². The van der Waals surface area contributed by atoms with Crippen LogP contribution in [0, 0.1) is 5.92 Å². The van der Waals surface area contributed by atoms with Gasteiger partial charge in [0.05, 0.1) is 0 Å². The Kier molecular flexibility index (Phi) is 8.52. The quantitative estimate of drug-likeness (QED) is 0.234. The van der Waals surface area contributed by atoms with Crippen molar-refractivity contribution in [1.29, 1.82) is 0 Å². The zero-order chi connectivity index (χ0) is 22.4. The summed E-state index contributed by atoms with van der Waals surface area (Å²) in [5.74, 6) is -0.623. The van der Waals surface area contributed by atoms with Gasteiger partial charge in [-0.25, -0.2) is 0 Å². The second kappa shape index (κ2) is 11.1. The Morgan fingerprint density at radius 3 is 0.935 bits per heavy atom. The van der Waals surface area contributed by atoms with Crippen molar-refractivity contribution in [2.75, 3.05) is 0 Å². The third kappa shape index (κ3) is 7.06. The van der Waals surface area contributed by atoms with Crippen molar-refractivity contribution in [3.8, 4) is 0 Å². The first-order chi connectivity index (χ1) is 14.8. The van der Waals surface area contributed by atoms with Crippen LogP contribution in [-0.2, 0) is 0 Å². The van der Waals surface area contributed by atoms with Crippen molar-refractivity contribution in [2.45, 2.75) is 19.3 Å². The lowest BCUT2D eigenvalue weighted by Gasteiger charge is -2.15. The fraction of sp³-hybridized carbons (Fsp3) is 0.160. The predicted octanol–water partition coefficient (Wildman–Crippen LogP) is 7.71. The monoisotopic (exact) mass is 604 g/mol. The van der Waals surface area contributed by atoms with E-state index in [-0.39, 0.29) is 42.5 Å².